The number of hydrogen-bond acceptors (Lipinski definition) is 2. The van der Waals surface area contributed by atoms with Gasteiger partial charge in [-0.2, -0.15) is 0 Å². The van der Waals surface area contributed by atoms with E-state index in [-0.39, 0.29) is 6.42 Å². The number of amides is 2. The first kappa shape index (κ1) is 19.2. The molecule has 2 rings (SSSR count). The molecule has 0 radical (unpaired) electrons. The van der Waals surface area contributed by atoms with E-state index >= 15 is 0 Å². The van der Waals surface area contributed by atoms with Gasteiger partial charge in [0.25, 0.3) is 5.91 Å². The average Bonchev–Trinajstić information content (AvgIpc) is 2.48. The van der Waals surface area contributed by atoms with Gasteiger partial charge in [-0.1, -0.05) is 61.1 Å². The summed E-state index contributed by atoms with van der Waals surface area (Å²) in [6.45, 7) is 0. The SMILES string of the molecule is NC(=O)[C@H](Cc1c(Cl)cccc1Cl)NC(=O)c1cc(Br)cc(Br)c1. The first-order chi connectivity index (χ1) is 11.3. The van der Waals surface area contributed by atoms with Crippen molar-refractivity contribution in [2.24, 2.45) is 5.73 Å². The van der Waals surface area contributed by atoms with Crippen LogP contribution in [0.15, 0.2) is 45.3 Å². The molecule has 4 nitrogen and oxygen atoms in total. The lowest BCUT2D eigenvalue weighted by Gasteiger charge is -2.17. The van der Waals surface area contributed by atoms with Gasteiger partial charge in [0.15, 0.2) is 0 Å². The Morgan fingerprint density at radius 1 is 1.08 bits per heavy atom. The predicted molar refractivity (Wildman–Crippen MR) is 102 cm³/mol. The van der Waals surface area contributed by atoms with Crippen molar-refractivity contribution in [3.05, 3.63) is 66.5 Å². The van der Waals surface area contributed by atoms with Gasteiger partial charge in [-0.15, -0.1) is 0 Å². The van der Waals surface area contributed by atoms with E-state index in [0.717, 1.165) is 8.95 Å². The molecule has 3 N–H and O–H groups in total. The summed E-state index contributed by atoms with van der Waals surface area (Å²) < 4.78 is 1.46. The molecule has 0 spiro atoms. The Labute approximate surface area is 166 Å². The minimum atomic E-state index is -0.937. The Morgan fingerprint density at radius 2 is 1.62 bits per heavy atom. The molecule has 0 saturated carbocycles. The van der Waals surface area contributed by atoms with Crippen molar-refractivity contribution in [3.8, 4) is 0 Å². The molecule has 0 aliphatic carbocycles. The van der Waals surface area contributed by atoms with E-state index < -0.39 is 17.9 Å². The fraction of sp³-hybridized carbons (Fsp3) is 0.125. The standard InChI is InChI=1S/C16H12Br2Cl2N2O2/c17-9-4-8(5-10(18)6-9)16(24)22-14(15(21)23)7-11-12(19)2-1-3-13(11)20/h1-6,14H,7H2,(H2,21,23)(H,22,24)/t14-/m0/s1. The van der Waals surface area contributed by atoms with E-state index in [0.29, 0.717) is 21.2 Å². The summed E-state index contributed by atoms with van der Waals surface area (Å²) in [6.07, 6.45) is 0.106. The Hall–Kier alpha value is -1.08. The molecule has 0 aliphatic rings. The first-order valence-electron chi connectivity index (χ1n) is 6.77. The van der Waals surface area contributed by atoms with E-state index in [1.807, 2.05) is 0 Å². The third-order valence-electron chi connectivity index (χ3n) is 3.24. The molecular formula is C16H12Br2Cl2N2O2. The van der Waals surface area contributed by atoms with Crippen LogP contribution in [-0.2, 0) is 11.2 Å². The minimum absolute atomic E-state index is 0.106. The molecule has 0 fully saturated rings. The van der Waals surface area contributed by atoms with Crippen LogP contribution in [0, 0.1) is 0 Å². The number of benzene rings is 2. The number of rotatable bonds is 5. The molecule has 0 aliphatic heterocycles. The maximum Gasteiger partial charge on any atom is 0.252 e. The molecule has 24 heavy (non-hydrogen) atoms. The average molecular weight is 495 g/mol. The van der Waals surface area contributed by atoms with Crippen LogP contribution in [0.1, 0.15) is 15.9 Å². The lowest BCUT2D eigenvalue weighted by molar-refractivity contribution is -0.119. The highest BCUT2D eigenvalue weighted by molar-refractivity contribution is 9.11. The molecule has 2 aromatic rings. The number of hydrogen-bond donors (Lipinski definition) is 2. The van der Waals surface area contributed by atoms with Crippen molar-refractivity contribution in [3.63, 3.8) is 0 Å². The summed E-state index contributed by atoms with van der Waals surface area (Å²) in [7, 11) is 0. The molecule has 1 atom stereocenters. The molecule has 2 aromatic carbocycles. The van der Waals surface area contributed by atoms with Crippen LogP contribution in [0.4, 0.5) is 0 Å². The van der Waals surface area contributed by atoms with E-state index in [2.05, 4.69) is 37.2 Å². The molecule has 0 saturated heterocycles. The number of primary amides is 1. The highest BCUT2D eigenvalue weighted by atomic mass is 79.9. The second-order valence-corrected chi connectivity index (χ2v) is 7.64. The second-order valence-electron chi connectivity index (χ2n) is 4.99. The zero-order valence-corrected chi connectivity index (χ0v) is 16.8. The predicted octanol–water partition coefficient (Wildman–Crippen LogP) is 4.34. The van der Waals surface area contributed by atoms with Crippen LogP contribution in [0.5, 0.6) is 0 Å². The number of nitrogens with one attached hydrogen (secondary N) is 1. The summed E-state index contributed by atoms with van der Waals surface area (Å²) >= 11 is 18.8. The maximum absolute atomic E-state index is 12.4. The van der Waals surface area contributed by atoms with Crippen LogP contribution >= 0.6 is 55.1 Å². The number of carbonyl (C=O) groups excluding carboxylic acids is 2. The van der Waals surface area contributed by atoms with E-state index in [1.165, 1.54) is 0 Å². The lowest BCUT2D eigenvalue weighted by Crippen LogP contribution is -2.46. The molecule has 0 heterocycles. The fourth-order valence-electron chi connectivity index (χ4n) is 2.08. The van der Waals surface area contributed by atoms with Gasteiger partial charge in [-0.3, -0.25) is 9.59 Å². The molecule has 0 aromatic heterocycles. The van der Waals surface area contributed by atoms with Crippen molar-refractivity contribution in [1.82, 2.24) is 5.32 Å². The van der Waals surface area contributed by atoms with Gasteiger partial charge >= 0.3 is 0 Å². The molecule has 0 bridgehead atoms. The van der Waals surface area contributed by atoms with Gasteiger partial charge in [0.2, 0.25) is 5.91 Å². The van der Waals surface area contributed by atoms with Crippen molar-refractivity contribution < 1.29 is 9.59 Å². The molecule has 2 amide bonds. The number of carbonyl (C=O) groups is 2. The third kappa shape index (κ3) is 4.96. The highest BCUT2D eigenvalue weighted by Crippen LogP contribution is 2.26. The van der Waals surface area contributed by atoms with Gasteiger partial charge < -0.3 is 11.1 Å². The number of nitrogens with two attached hydrogens (primary N) is 1. The van der Waals surface area contributed by atoms with Crippen LogP contribution in [0.2, 0.25) is 10.0 Å². The van der Waals surface area contributed by atoms with Gasteiger partial charge in [-0.25, -0.2) is 0 Å². The zero-order chi connectivity index (χ0) is 17.9. The molecular weight excluding hydrogens is 483 g/mol. The minimum Gasteiger partial charge on any atom is -0.368 e. The fourth-order valence-corrected chi connectivity index (χ4v) is 3.93. The van der Waals surface area contributed by atoms with E-state index in [1.54, 1.807) is 36.4 Å². The Morgan fingerprint density at radius 3 is 2.12 bits per heavy atom. The largest absolute Gasteiger partial charge is 0.368 e. The van der Waals surface area contributed by atoms with Crippen molar-refractivity contribution in [2.75, 3.05) is 0 Å². The molecule has 126 valence electrons. The molecule has 8 heteroatoms. The topological polar surface area (TPSA) is 72.2 Å². The third-order valence-corrected chi connectivity index (χ3v) is 4.87. The Balaban J connectivity index is 2.22. The molecule has 0 unspecified atom stereocenters. The smallest absolute Gasteiger partial charge is 0.252 e. The van der Waals surface area contributed by atoms with Crippen LogP contribution in [-0.4, -0.2) is 17.9 Å². The zero-order valence-electron chi connectivity index (χ0n) is 12.2. The number of halogens is 4. The van der Waals surface area contributed by atoms with Crippen LogP contribution < -0.4 is 11.1 Å². The quantitative estimate of drug-likeness (QED) is 0.649. The summed E-state index contributed by atoms with van der Waals surface area (Å²) in [6, 6.07) is 9.16. The lowest BCUT2D eigenvalue weighted by atomic mass is 10.0. The summed E-state index contributed by atoms with van der Waals surface area (Å²) in [5.41, 5.74) is 6.35. The van der Waals surface area contributed by atoms with Gasteiger partial charge in [0, 0.05) is 31.0 Å². The normalized spacial score (nSPS) is 11.8. The Bertz CT molecular complexity index is 759. The highest BCUT2D eigenvalue weighted by Gasteiger charge is 2.22. The van der Waals surface area contributed by atoms with Crippen molar-refractivity contribution in [1.29, 1.82) is 0 Å². The van der Waals surface area contributed by atoms with Crippen LogP contribution in [0.3, 0.4) is 0 Å². The van der Waals surface area contributed by atoms with E-state index in [4.69, 9.17) is 28.9 Å². The monoisotopic (exact) mass is 492 g/mol. The van der Waals surface area contributed by atoms with Gasteiger partial charge in [0.1, 0.15) is 6.04 Å². The van der Waals surface area contributed by atoms with Gasteiger partial charge in [-0.05, 0) is 35.9 Å². The summed E-state index contributed by atoms with van der Waals surface area (Å²) in [5.74, 6) is -1.10. The second kappa shape index (κ2) is 8.34. The summed E-state index contributed by atoms with van der Waals surface area (Å²) in [4.78, 5) is 24.1. The van der Waals surface area contributed by atoms with Crippen molar-refractivity contribution in [2.45, 2.75) is 12.5 Å². The van der Waals surface area contributed by atoms with Crippen molar-refractivity contribution >= 4 is 66.9 Å². The van der Waals surface area contributed by atoms with Gasteiger partial charge in [0.05, 0.1) is 0 Å². The van der Waals surface area contributed by atoms with Crippen LogP contribution in [0.25, 0.3) is 0 Å². The first-order valence-corrected chi connectivity index (χ1v) is 9.11. The van der Waals surface area contributed by atoms with E-state index in [9.17, 15) is 9.59 Å². The maximum atomic E-state index is 12.4. The Kier molecular flexibility index (Phi) is 6.69. The summed E-state index contributed by atoms with van der Waals surface area (Å²) in [5, 5.41) is 3.44.